The van der Waals surface area contributed by atoms with E-state index in [2.05, 4.69) is 19.1 Å². The Morgan fingerprint density at radius 2 is 1.52 bits per heavy atom. The SMILES string of the molecule is CCCCCCCCCC=CC=CC=Cc1cccc(O)c1O. The van der Waals surface area contributed by atoms with Crippen LogP contribution >= 0.6 is 0 Å². The quantitative estimate of drug-likeness (QED) is 0.283. The first-order valence-corrected chi connectivity index (χ1v) is 8.76. The van der Waals surface area contributed by atoms with Gasteiger partial charge in [0.05, 0.1) is 0 Å². The standard InChI is InChI=1S/C21H30O2/c1-2-3-4-5-6-7-8-9-10-11-12-13-14-16-19-17-15-18-20(22)21(19)23/h10-18,22-23H,2-9H2,1H3. The van der Waals surface area contributed by atoms with Crippen LogP contribution in [0.25, 0.3) is 6.08 Å². The van der Waals surface area contributed by atoms with E-state index in [0.717, 1.165) is 6.42 Å². The Balaban J connectivity index is 2.14. The van der Waals surface area contributed by atoms with Gasteiger partial charge >= 0.3 is 0 Å². The van der Waals surface area contributed by atoms with Crippen LogP contribution in [0.2, 0.25) is 0 Å². The molecule has 0 radical (unpaired) electrons. The monoisotopic (exact) mass is 314 g/mol. The minimum Gasteiger partial charge on any atom is -0.504 e. The summed E-state index contributed by atoms with van der Waals surface area (Å²) < 4.78 is 0. The van der Waals surface area contributed by atoms with Gasteiger partial charge in [-0.15, -0.1) is 0 Å². The Morgan fingerprint density at radius 1 is 0.826 bits per heavy atom. The van der Waals surface area contributed by atoms with Gasteiger partial charge in [-0.3, -0.25) is 0 Å². The number of hydrogen-bond donors (Lipinski definition) is 2. The molecule has 0 amide bonds. The van der Waals surface area contributed by atoms with Crippen molar-refractivity contribution >= 4 is 6.08 Å². The zero-order chi connectivity index (χ0) is 16.8. The largest absolute Gasteiger partial charge is 0.504 e. The summed E-state index contributed by atoms with van der Waals surface area (Å²) in [6.07, 6.45) is 22.3. The predicted molar refractivity (Wildman–Crippen MR) is 99.7 cm³/mol. The number of hydrogen-bond acceptors (Lipinski definition) is 2. The predicted octanol–water partition coefficient (Wildman–Crippen LogP) is 6.36. The Morgan fingerprint density at radius 3 is 2.30 bits per heavy atom. The smallest absolute Gasteiger partial charge is 0.164 e. The van der Waals surface area contributed by atoms with Crippen LogP contribution in [0.4, 0.5) is 0 Å². The number of rotatable bonds is 11. The summed E-state index contributed by atoms with van der Waals surface area (Å²) in [5, 5.41) is 19.0. The van der Waals surface area contributed by atoms with E-state index in [1.54, 1.807) is 18.2 Å². The lowest BCUT2D eigenvalue weighted by molar-refractivity contribution is 0.403. The third kappa shape index (κ3) is 8.92. The normalized spacial score (nSPS) is 12.0. The highest BCUT2D eigenvalue weighted by Gasteiger charge is 2.00. The van der Waals surface area contributed by atoms with Crippen molar-refractivity contribution in [3.63, 3.8) is 0 Å². The number of unbranched alkanes of at least 4 members (excludes halogenated alkanes) is 7. The van der Waals surface area contributed by atoms with Crippen molar-refractivity contribution in [3.05, 3.63) is 54.1 Å². The fourth-order valence-electron chi connectivity index (χ4n) is 2.36. The van der Waals surface area contributed by atoms with E-state index in [4.69, 9.17) is 0 Å². The summed E-state index contributed by atoms with van der Waals surface area (Å²) in [7, 11) is 0. The number of para-hydroxylation sites is 1. The maximum Gasteiger partial charge on any atom is 0.164 e. The lowest BCUT2D eigenvalue weighted by atomic mass is 10.1. The number of benzene rings is 1. The van der Waals surface area contributed by atoms with Gasteiger partial charge in [-0.05, 0) is 18.9 Å². The molecule has 23 heavy (non-hydrogen) atoms. The van der Waals surface area contributed by atoms with Gasteiger partial charge in [-0.1, -0.05) is 94.0 Å². The van der Waals surface area contributed by atoms with E-state index < -0.39 is 0 Å². The van der Waals surface area contributed by atoms with Gasteiger partial charge in [-0.2, -0.15) is 0 Å². The molecule has 1 rings (SSSR count). The minimum absolute atomic E-state index is 0.0772. The Labute approximate surface area is 140 Å². The molecule has 0 aliphatic heterocycles. The number of aromatic hydroxyl groups is 2. The van der Waals surface area contributed by atoms with Gasteiger partial charge in [0.25, 0.3) is 0 Å². The summed E-state index contributed by atoms with van der Waals surface area (Å²) in [4.78, 5) is 0. The molecule has 0 bridgehead atoms. The first-order valence-electron chi connectivity index (χ1n) is 8.76. The molecule has 0 aromatic heterocycles. The van der Waals surface area contributed by atoms with Crippen molar-refractivity contribution in [2.45, 2.75) is 58.3 Å². The van der Waals surface area contributed by atoms with Crippen molar-refractivity contribution in [1.82, 2.24) is 0 Å². The van der Waals surface area contributed by atoms with Crippen LogP contribution in [0.1, 0.15) is 63.9 Å². The Bertz CT molecular complexity index is 513. The molecule has 0 spiro atoms. The molecule has 0 heterocycles. The molecule has 1 aromatic carbocycles. The van der Waals surface area contributed by atoms with Crippen LogP contribution in [0.3, 0.4) is 0 Å². The molecule has 2 nitrogen and oxygen atoms in total. The van der Waals surface area contributed by atoms with Crippen LogP contribution in [0, 0.1) is 0 Å². The maximum absolute atomic E-state index is 9.65. The molecule has 2 heteroatoms. The highest BCUT2D eigenvalue weighted by Crippen LogP contribution is 2.28. The molecule has 0 unspecified atom stereocenters. The first-order chi connectivity index (χ1) is 11.3. The average molecular weight is 314 g/mol. The Kier molecular flexibility index (Phi) is 10.4. The molecule has 0 saturated heterocycles. The molecule has 0 atom stereocenters. The fourth-order valence-corrected chi connectivity index (χ4v) is 2.36. The second-order valence-electron chi connectivity index (χ2n) is 5.80. The van der Waals surface area contributed by atoms with E-state index in [1.165, 1.54) is 51.0 Å². The summed E-state index contributed by atoms with van der Waals surface area (Å²) in [6.45, 7) is 2.25. The van der Waals surface area contributed by atoms with Crippen molar-refractivity contribution in [3.8, 4) is 11.5 Å². The average Bonchev–Trinajstić information content (AvgIpc) is 2.55. The maximum atomic E-state index is 9.65. The zero-order valence-electron chi connectivity index (χ0n) is 14.2. The van der Waals surface area contributed by atoms with Crippen LogP contribution in [-0.4, -0.2) is 10.2 Å². The van der Waals surface area contributed by atoms with Gasteiger partial charge in [0.2, 0.25) is 0 Å². The molecule has 0 saturated carbocycles. The van der Waals surface area contributed by atoms with Gasteiger partial charge in [-0.25, -0.2) is 0 Å². The molecular weight excluding hydrogens is 284 g/mol. The van der Waals surface area contributed by atoms with Gasteiger partial charge in [0, 0.05) is 5.56 Å². The van der Waals surface area contributed by atoms with Crippen molar-refractivity contribution in [2.24, 2.45) is 0 Å². The van der Waals surface area contributed by atoms with Crippen molar-refractivity contribution in [2.75, 3.05) is 0 Å². The first kappa shape index (κ1) is 19.1. The van der Waals surface area contributed by atoms with E-state index in [0.29, 0.717) is 5.56 Å². The van der Waals surface area contributed by atoms with Gasteiger partial charge < -0.3 is 10.2 Å². The lowest BCUT2D eigenvalue weighted by Gasteiger charge is -1.99. The number of phenolic OH excluding ortho intramolecular Hbond substituents is 2. The van der Waals surface area contributed by atoms with Crippen molar-refractivity contribution < 1.29 is 10.2 Å². The molecule has 1 aromatic rings. The number of allylic oxidation sites excluding steroid dienone is 5. The summed E-state index contributed by atoms with van der Waals surface area (Å²) >= 11 is 0. The summed E-state index contributed by atoms with van der Waals surface area (Å²) in [5.41, 5.74) is 0.613. The van der Waals surface area contributed by atoms with Crippen LogP contribution in [-0.2, 0) is 0 Å². The molecular formula is C21H30O2. The van der Waals surface area contributed by atoms with E-state index in [1.807, 2.05) is 18.2 Å². The molecule has 2 N–H and O–H groups in total. The minimum atomic E-state index is -0.0919. The molecule has 0 aliphatic rings. The van der Waals surface area contributed by atoms with Crippen LogP contribution < -0.4 is 0 Å². The van der Waals surface area contributed by atoms with E-state index in [9.17, 15) is 10.2 Å². The van der Waals surface area contributed by atoms with Crippen LogP contribution in [0.15, 0.2) is 48.6 Å². The van der Waals surface area contributed by atoms with E-state index >= 15 is 0 Å². The molecule has 0 aliphatic carbocycles. The van der Waals surface area contributed by atoms with Gasteiger partial charge in [0.15, 0.2) is 11.5 Å². The highest BCUT2D eigenvalue weighted by molar-refractivity contribution is 5.62. The molecule has 0 fully saturated rings. The summed E-state index contributed by atoms with van der Waals surface area (Å²) in [6, 6.07) is 4.94. The topological polar surface area (TPSA) is 40.5 Å². The second kappa shape index (κ2) is 12.6. The van der Waals surface area contributed by atoms with Gasteiger partial charge in [0.1, 0.15) is 0 Å². The fraction of sp³-hybridized carbons (Fsp3) is 0.429. The highest BCUT2D eigenvalue weighted by atomic mass is 16.3. The zero-order valence-corrected chi connectivity index (χ0v) is 14.2. The lowest BCUT2D eigenvalue weighted by Crippen LogP contribution is -1.78. The van der Waals surface area contributed by atoms with E-state index in [-0.39, 0.29) is 11.5 Å². The van der Waals surface area contributed by atoms with Crippen LogP contribution in [0.5, 0.6) is 11.5 Å². The third-order valence-electron chi connectivity index (χ3n) is 3.77. The Hall–Kier alpha value is -1.96. The molecule has 126 valence electrons. The van der Waals surface area contributed by atoms with Crippen molar-refractivity contribution in [1.29, 1.82) is 0 Å². The second-order valence-corrected chi connectivity index (χ2v) is 5.80. The number of phenols is 2. The third-order valence-corrected chi connectivity index (χ3v) is 3.77. The summed E-state index contributed by atoms with van der Waals surface area (Å²) in [5.74, 6) is -0.169.